The molecule has 1 atom stereocenters. The van der Waals surface area contributed by atoms with Crippen molar-refractivity contribution in [3.63, 3.8) is 0 Å². The molecule has 0 spiro atoms. The Kier molecular flexibility index (Phi) is 3.81. The Morgan fingerprint density at radius 2 is 2.22 bits per heavy atom. The van der Waals surface area contributed by atoms with Crippen molar-refractivity contribution in [3.05, 3.63) is 33.8 Å². The van der Waals surface area contributed by atoms with E-state index < -0.39 is 0 Å². The average molecular weight is 262 g/mol. The zero-order chi connectivity index (χ0) is 13.1. The summed E-state index contributed by atoms with van der Waals surface area (Å²) in [5.41, 5.74) is 8.07. The first-order chi connectivity index (χ1) is 8.61. The monoisotopic (exact) mass is 262 g/mol. The molecular formula is C13H18N4S. The summed E-state index contributed by atoms with van der Waals surface area (Å²) in [6, 6.07) is 2.33. The van der Waals surface area contributed by atoms with Gasteiger partial charge in [-0.1, -0.05) is 6.92 Å². The molecule has 0 amide bonds. The van der Waals surface area contributed by atoms with Crippen LogP contribution in [0.25, 0.3) is 0 Å². The van der Waals surface area contributed by atoms with Crippen molar-refractivity contribution in [2.45, 2.75) is 33.2 Å². The molecule has 3 N–H and O–H groups in total. The van der Waals surface area contributed by atoms with Gasteiger partial charge in [-0.2, -0.15) is 11.3 Å². The Hall–Kier alpha value is -1.62. The molecule has 18 heavy (non-hydrogen) atoms. The molecule has 5 heteroatoms. The molecule has 0 aliphatic heterocycles. The second-order valence-corrected chi connectivity index (χ2v) is 5.05. The normalized spacial score (nSPS) is 12.4. The molecule has 4 nitrogen and oxygen atoms in total. The van der Waals surface area contributed by atoms with E-state index in [1.54, 1.807) is 11.3 Å². The minimum Gasteiger partial charge on any atom is -0.383 e. The molecule has 0 aliphatic carbocycles. The van der Waals surface area contributed by atoms with Crippen LogP contribution < -0.4 is 11.1 Å². The summed E-state index contributed by atoms with van der Waals surface area (Å²) in [6.45, 7) is 6.08. The molecule has 1 unspecified atom stereocenters. The molecule has 2 rings (SSSR count). The lowest BCUT2D eigenvalue weighted by Gasteiger charge is -2.16. The molecule has 0 saturated carbocycles. The molecule has 2 aromatic heterocycles. The van der Waals surface area contributed by atoms with Crippen molar-refractivity contribution in [1.82, 2.24) is 9.97 Å². The smallest absolute Gasteiger partial charge is 0.135 e. The van der Waals surface area contributed by atoms with Crippen LogP contribution in [0.3, 0.4) is 0 Å². The maximum atomic E-state index is 5.90. The molecule has 96 valence electrons. The fourth-order valence-corrected chi connectivity index (χ4v) is 2.44. The van der Waals surface area contributed by atoms with E-state index in [0.29, 0.717) is 5.82 Å². The van der Waals surface area contributed by atoms with E-state index in [4.69, 9.17) is 5.73 Å². The van der Waals surface area contributed by atoms with E-state index in [1.807, 2.05) is 13.8 Å². The van der Waals surface area contributed by atoms with Gasteiger partial charge in [-0.05, 0) is 36.2 Å². The molecule has 2 aromatic rings. The second-order valence-electron chi connectivity index (χ2n) is 4.27. The number of rotatable bonds is 4. The van der Waals surface area contributed by atoms with Gasteiger partial charge >= 0.3 is 0 Å². The molecule has 0 saturated heterocycles. The predicted octanol–water partition coefficient (Wildman–Crippen LogP) is 3.16. The number of aryl methyl sites for hydroxylation is 1. The van der Waals surface area contributed by atoms with Crippen molar-refractivity contribution in [2.75, 3.05) is 11.1 Å². The lowest BCUT2D eigenvalue weighted by atomic mass is 10.2. The minimum atomic E-state index is 0.217. The summed E-state index contributed by atoms with van der Waals surface area (Å²) >= 11 is 1.70. The number of nitrogen functional groups attached to an aromatic ring is 1. The number of nitrogens with one attached hydrogen (secondary N) is 1. The first-order valence-corrected chi connectivity index (χ1v) is 6.97. The number of nitrogens with two attached hydrogens (primary N) is 1. The number of thiophene rings is 1. The summed E-state index contributed by atoms with van der Waals surface area (Å²) < 4.78 is 0. The minimum absolute atomic E-state index is 0.217. The van der Waals surface area contributed by atoms with Gasteiger partial charge < -0.3 is 11.1 Å². The number of hydrogen-bond acceptors (Lipinski definition) is 5. The van der Waals surface area contributed by atoms with Crippen LogP contribution in [0.5, 0.6) is 0 Å². The van der Waals surface area contributed by atoms with Crippen molar-refractivity contribution < 1.29 is 0 Å². The number of hydrogen-bond donors (Lipinski definition) is 2. The SMILES string of the molecule is CCc1nc(N)c(C)c(NC(C)c2ccsc2)n1. The van der Waals surface area contributed by atoms with E-state index in [9.17, 15) is 0 Å². The lowest BCUT2D eigenvalue weighted by Crippen LogP contribution is -2.12. The van der Waals surface area contributed by atoms with Crippen LogP contribution in [0.4, 0.5) is 11.6 Å². The topological polar surface area (TPSA) is 63.8 Å². The Morgan fingerprint density at radius 1 is 1.44 bits per heavy atom. The lowest BCUT2D eigenvalue weighted by molar-refractivity contribution is 0.857. The van der Waals surface area contributed by atoms with Gasteiger partial charge in [-0.25, -0.2) is 9.97 Å². The highest BCUT2D eigenvalue weighted by atomic mass is 32.1. The van der Waals surface area contributed by atoms with Gasteiger partial charge in [0.05, 0.1) is 6.04 Å². The Morgan fingerprint density at radius 3 is 2.83 bits per heavy atom. The molecule has 0 bridgehead atoms. The fourth-order valence-electron chi connectivity index (χ4n) is 1.69. The molecule has 0 radical (unpaired) electrons. The average Bonchev–Trinajstić information content (AvgIpc) is 2.88. The van der Waals surface area contributed by atoms with Gasteiger partial charge in [0, 0.05) is 12.0 Å². The Bertz CT molecular complexity index is 522. The van der Waals surface area contributed by atoms with Gasteiger partial charge in [-0.3, -0.25) is 0 Å². The largest absolute Gasteiger partial charge is 0.383 e. The van der Waals surface area contributed by atoms with Crippen LogP contribution in [-0.2, 0) is 6.42 Å². The summed E-state index contributed by atoms with van der Waals surface area (Å²) in [5.74, 6) is 2.16. The van der Waals surface area contributed by atoms with E-state index >= 15 is 0 Å². The molecule has 2 heterocycles. The van der Waals surface area contributed by atoms with Gasteiger partial charge in [0.25, 0.3) is 0 Å². The molecule has 0 aliphatic rings. The van der Waals surface area contributed by atoms with Gasteiger partial charge in [0.1, 0.15) is 17.5 Å². The van der Waals surface area contributed by atoms with E-state index in [-0.39, 0.29) is 6.04 Å². The van der Waals surface area contributed by atoms with Crippen molar-refractivity contribution in [2.24, 2.45) is 0 Å². The van der Waals surface area contributed by atoms with Crippen LogP contribution in [0.15, 0.2) is 16.8 Å². The summed E-state index contributed by atoms with van der Waals surface area (Å²) in [7, 11) is 0. The van der Waals surface area contributed by atoms with Crippen LogP contribution >= 0.6 is 11.3 Å². The maximum Gasteiger partial charge on any atom is 0.135 e. The van der Waals surface area contributed by atoms with E-state index in [1.165, 1.54) is 5.56 Å². The summed E-state index contributed by atoms with van der Waals surface area (Å²) in [4.78, 5) is 8.75. The van der Waals surface area contributed by atoms with Crippen LogP contribution in [0, 0.1) is 6.92 Å². The molecule has 0 fully saturated rings. The first-order valence-electron chi connectivity index (χ1n) is 6.03. The quantitative estimate of drug-likeness (QED) is 0.888. The van der Waals surface area contributed by atoms with Crippen molar-refractivity contribution in [1.29, 1.82) is 0 Å². The van der Waals surface area contributed by atoms with Crippen LogP contribution in [-0.4, -0.2) is 9.97 Å². The third-order valence-corrected chi connectivity index (χ3v) is 3.64. The third kappa shape index (κ3) is 2.61. The third-order valence-electron chi connectivity index (χ3n) is 2.94. The summed E-state index contributed by atoms with van der Waals surface area (Å²) in [5, 5.41) is 7.62. The second kappa shape index (κ2) is 5.35. The van der Waals surface area contributed by atoms with Gasteiger partial charge in [0.15, 0.2) is 0 Å². The van der Waals surface area contributed by atoms with Gasteiger partial charge in [-0.15, -0.1) is 0 Å². The number of aromatic nitrogens is 2. The van der Waals surface area contributed by atoms with Crippen molar-refractivity contribution >= 4 is 23.0 Å². The van der Waals surface area contributed by atoms with Gasteiger partial charge in [0.2, 0.25) is 0 Å². The van der Waals surface area contributed by atoms with Crippen LogP contribution in [0.1, 0.15) is 36.8 Å². The highest BCUT2D eigenvalue weighted by Gasteiger charge is 2.11. The molecule has 0 aromatic carbocycles. The standard InChI is InChI=1S/C13H18N4S/c1-4-11-16-12(14)8(2)13(17-11)15-9(3)10-5-6-18-7-10/h5-7,9H,4H2,1-3H3,(H3,14,15,16,17). The van der Waals surface area contributed by atoms with Crippen molar-refractivity contribution in [3.8, 4) is 0 Å². The zero-order valence-corrected chi connectivity index (χ0v) is 11.7. The van der Waals surface area contributed by atoms with E-state index in [0.717, 1.165) is 23.6 Å². The highest BCUT2D eigenvalue weighted by Crippen LogP contribution is 2.24. The summed E-state index contributed by atoms with van der Waals surface area (Å²) in [6.07, 6.45) is 0.784. The number of anilines is 2. The van der Waals surface area contributed by atoms with E-state index in [2.05, 4.69) is 39.0 Å². The number of nitrogens with zero attached hydrogens (tertiary/aromatic N) is 2. The zero-order valence-electron chi connectivity index (χ0n) is 10.9. The molecular weight excluding hydrogens is 244 g/mol. The highest BCUT2D eigenvalue weighted by molar-refractivity contribution is 7.07. The Balaban J connectivity index is 2.25. The fraction of sp³-hybridized carbons (Fsp3) is 0.385. The Labute approximate surface area is 111 Å². The van der Waals surface area contributed by atoms with Crippen LogP contribution in [0.2, 0.25) is 0 Å². The maximum absolute atomic E-state index is 5.90. The first kappa shape index (κ1) is 12.8. The predicted molar refractivity (Wildman–Crippen MR) is 76.9 cm³/mol.